The van der Waals surface area contributed by atoms with Crippen molar-refractivity contribution in [1.29, 1.82) is 5.26 Å². The first-order valence-electron chi connectivity index (χ1n) is 10.6. The van der Waals surface area contributed by atoms with Gasteiger partial charge in [-0.2, -0.15) is 5.26 Å². The Morgan fingerprint density at radius 2 is 1.76 bits per heavy atom. The topological polar surface area (TPSA) is 126 Å². The van der Waals surface area contributed by atoms with E-state index in [2.05, 4.69) is 27.2 Å². The number of carbonyl (C=O) groups is 1. The zero-order valence-electron chi connectivity index (χ0n) is 18.0. The van der Waals surface area contributed by atoms with Gasteiger partial charge in [0, 0.05) is 12.1 Å². The summed E-state index contributed by atoms with van der Waals surface area (Å²) in [6.07, 6.45) is 3.78. The number of hydrogen-bond acceptors (Lipinski definition) is 7. The van der Waals surface area contributed by atoms with Crippen molar-refractivity contribution >= 4 is 17.5 Å². The third-order valence-electron chi connectivity index (χ3n) is 5.52. The van der Waals surface area contributed by atoms with Crippen molar-refractivity contribution in [2.24, 2.45) is 0 Å². The maximum Gasteiger partial charge on any atom is 0.261 e. The highest BCUT2D eigenvalue weighted by atomic mass is 16.5. The molecule has 8 nitrogen and oxygen atoms in total. The number of ether oxygens (including phenoxy) is 1. The number of carbonyl (C=O) groups excluding carboxylic acids is 1. The number of aromatic nitrogens is 2. The fraction of sp³-hybridized carbons (Fsp3) is 0.200. The first-order valence-corrected chi connectivity index (χ1v) is 10.6. The quantitative estimate of drug-likeness (QED) is 0.374. The molecule has 1 aliphatic rings. The normalized spacial score (nSPS) is 17.1. The monoisotopic (exact) mass is 440 g/mol. The molecule has 0 saturated heterocycles. The maximum atomic E-state index is 11.9. The molecule has 3 aromatic rings. The highest BCUT2D eigenvalue weighted by molar-refractivity contribution is 5.96. The Bertz CT molecular complexity index is 1190. The van der Waals surface area contributed by atoms with Crippen molar-refractivity contribution in [3.63, 3.8) is 0 Å². The first-order chi connectivity index (χ1) is 16.0. The van der Waals surface area contributed by atoms with Crippen molar-refractivity contribution in [1.82, 2.24) is 15.3 Å². The van der Waals surface area contributed by atoms with E-state index in [9.17, 15) is 4.79 Å². The molecular formula is C25H24N6O2. The zero-order chi connectivity index (χ0) is 23.2. The van der Waals surface area contributed by atoms with Crippen LogP contribution in [0.25, 0.3) is 11.1 Å². The number of hydrogen-bond donors (Lipinski definition) is 3. The van der Waals surface area contributed by atoms with Gasteiger partial charge in [-0.1, -0.05) is 36.9 Å². The van der Waals surface area contributed by atoms with E-state index in [-0.39, 0.29) is 17.7 Å². The molecule has 1 saturated carbocycles. The Morgan fingerprint density at radius 3 is 2.48 bits per heavy atom. The van der Waals surface area contributed by atoms with E-state index in [1.807, 2.05) is 54.6 Å². The molecule has 1 heterocycles. The Morgan fingerprint density at radius 1 is 1.06 bits per heavy atom. The summed E-state index contributed by atoms with van der Waals surface area (Å²) in [7, 11) is 0. The van der Waals surface area contributed by atoms with Crippen LogP contribution >= 0.6 is 0 Å². The second-order valence-corrected chi connectivity index (χ2v) is 7.84. The van der Waals surface area contributed by atoms with Gasteiger partial charge in [0.2, 0.25) is 0 Å². The lowest BCUT2D eigenvalue weighted by atomic mass is 10.1. The van der Waals surface area contributed by atoms with Gasteiger partial charge >= 0.3 is 0 Å². The van der Waals surface area contributed by atoms with Crippen LogP contribution in [-0.4, -0.2) is 28.0 Å². The number of anilines is 2. The lowest BCUT2D eigenvalue weighted by Gasteiger charge is -2.18. The summed E-state index contributed by atoms with van der Waals surface area (Å²) in [4.78, 5) is 20.5. The van der Waals surface area contributed by atoms with Crippen LogP contribution in [0.1, 0.15) is 19.3 Å². The Kier molecular flexibility index (Phi) is 6.51. The average Bonchev–Trinajstić information content (AvgIpc) is 3.26. The molecule has 33 heavy (non-hydrogen) atoms. The number of nitrogens with two attached hydrogens (primary N) is 1. The largest absolute Gasteiger partial charge is 0.457 e. The standard InChI is InChI=1S/C25H24N6O2/c1-16(14-26)25(32)31-19-10-9-18(13-19)30-24-22(23(27)28-15-29-24)17-7-11-21(12-8-17)33-20-5-3-2-4-6-20/h2-8,11-12,15,18-19H,1,9-10,13H2,(H,31,32)(H3,27,28,29,30)/t18-,19-/m0/s1. The molecule has 4 N–H and O–H groups in total. The summed E-state index contributed by atoms with van der Waals surface area (Å²) >= 11 is 0. The number of nitrogen functional groups attached to an aromatic ring is 1. The minimum atomic E-state index is -0.423. The molecule has 0 radical (unpaired) electrons. The van der Waals surface area contributed by atoms with Crippen molar-refractivity contribution in [2.45, 2.75) is 31.3 Å². The molecule has 0 unspecified atom stereocenters. The van der Waals surface area contributed by atoms with E-state index in [1.54, 1.807) is 6.07 Å². The highest BCUT2D eigenvalue weighted by Crippen LogP contribution is 2.34. The predicted molar refractivity (Wildman–Crippen MR) is 126 cm³/mol. The van der Waals surface area contributed by atoms with Crippen LogP contribution in [0.15, 0.2) is 73.1 Å². The second-order valence-electron chi connectivity index (χ2n) is 7.84. The zero-order valence-corrected chi connectivity index (χ0v) is 18.0. The molecule has 8 heteroatoms. The van der Waals surface area contributed by atoms with Crippen LogP contribution in [0.3, 0.4) is 0 Å². The molecule has 1 aromatic heterocycles. The van der Waals surface area contributed by atoms with Gasteiger partial charge in [-0.05, 0) is 49.1 Å². The fourth-order valence-electron chi connectivity index (χ4n) is 3.87. The lowest BCUT2D eigenvalue weighted by Crippen LogP contribution is -2.34. The molecule has 2 aromatic carbocycles. The molecule has 2 atom stereocenters. The first kappa shape index (κ1) is 21.8. The molecule has 0 bridgehead atoms. The van der Waals surface area contributed by atoms with Crippen molar-refractivity contribution < 1.29 is 9.53 Å². The third kappa shape index (κ3) is 5.28. The SMILES string of the molecule is C=C(C#N)C(=O)N[C@H]1CC[C@H](Nc2ncnc(N)c2-c2ccc(Oc3ccccc3)cc2)C1. The summed E-state index contributed by atoms with van der Waals surface area (Å²) in [5.74, 6) is 2.06. The minimum absolute atomic E-state index is 0.0304. The van der Waals surface area contributed by atoms with Crippen molar-refractivity contribution in [3.8, 4) is 28.7 Å². The highest BCUT2D eigenvalue weighted by Gasteiger charge is 2.27. The number of nitriles is 1. The maximum absolute atomic E-state index is 11.9. The van der Waals surface area contributed by atoms with E-state index in [0.29, 0.717) is 29.4 Å². The van der Waals surface area contributed by atoms with E-state index in [1.165, 1.54) is 6.33 Å². The Hall–Kier alpha value is -4.38. The Labute approximate surface area is 192 Å². The van der Waals surface area contributed by atoms with Gasteiger partial charge in [0.05, 0.1) is 5.56 Å². The Balaban J connectivity index is 1.46. The van der Waals surface area contributed by atoms with Crippen molar-refractivity contribution in [3.05, 3.63) is 73.1 Å². The lowest BCUT2D eigenvalue weighted by molar-refractivity contribution is -0.117. The van der Waals surface area contributed by atoms with Crippen LogP contribution in [0.4, 0.5) is 11.6 Å². The molecule has 1 amide bonds. The van der Waals surface area contributed by atoms with Gasteiger partial charge in [-0.3, -0.25) is 4.79 Å². The van der Waals surface area contributed by atoms with Gasteiger partial charge in [-0.25, -0.2) is 9.97 Å². The van der Waals surface area contributed by atoms with Crippen LogP contribution in [-0.2, 0) is 4.79 Å². The predicted octanol–water partition coefficient (Wildman–Crippen LogP) is 4.05. The third-order valence-corrected chi connectivity index (χ3v) is 5.52. The number of nitrogens with one attached hydrogen (secondary N) is 2. The van der Waals surface area contributed by atoms with Gasteiger partial charge in [-0.15, -0.1) is 0 Å². The van der Waals surface area contributed by atoms with Crippen LogP contribution < -0.4 is 21.1 Å². The minimum Gasteiger partial charge on any atom is -0.457 e. The summed E-state index contributed by atoms with van der Waals surface area (Å²) in [5.41, 5.74) is 7.71. The molecule has 1 fully saturated rings. The fourth-order valence-corrected chi connectivity index (χ4v) is 3.87. The van der Waals surface area contributed by atoms with E-state index in [4.69, 9.17) is 15.7 Å². The van der Waals surface area contributed by atoms with Crippen LogP contribution in [0.5, 0.6) is 11.5 Å². The number of para-hydroxylation sites is 1. The van der Waals surface area contributed by atoms with Gasteiger partial charge in [0.15, 0.2) is 0 Å². The van der Waals surface area contributed by atoms with Gasteiger partial charge in [0.25, 0.3) is 5.91 Å². The molecule has 1 aliphatic carbocycles. The summed E-state index contributed by atoms with van der Waals surface area (Å²) in [6, 6.07) is 19.0. The van der Waals surface area contributed by atoms with E-state index in [0.717, 1.165) is 24.2 Å². The van der Waals surface area contributed by atoms with Gasteiger partial charge in [0.1, 0.15) is 41.1 Å². The van der Waals surface area contributed by atoms with E-state index >= 15 is 0 Å². The number of amides is 1. The van der Waals surface area contributed by atoms with E-state index < -0.39 is 5.91 Å². The summed E-state index contributed by atoms with van der Waals surface area (Å²) in [5, 5.41) is 15.1. The second kappa shape index (κ2) is 9.83. The van der Waals surface area contributed by atoms with Crippen LogP contribution in [0.2, 0.25) is 0 Å². The van der Waals surface area contributed by atoms with Crippen LogP contribution in [0, 0.1) is 11.3 Å². The molecule has 0 aliphatic heterocycles. The smallest absolute Gasteiger partial charge is 0.261 e. The molecular weight excluding hydrogens is 416 g/mol. The molecule has 0 spiro atoms. The number of benzene rings is 2. The average molecular weight is 441 g/mol. The molecule has 4 rings (SSSR count). The van der Waals surface area contributed by atoms with Gasteiger partial charge < -0.3 is 21.1 Å². The number of nitrogens with zero attached hydrogens (tertiary/aromatic N) is 3. The summed E-state index contributed by atoms with van der Waals surface area (Å²) in [6.45, 7) is 3.46. The summed E-state index contributed by atoms with van der Waals surface area (Å²) < 4.78 is 5.87. The molecule has 166 valence electrons. The number of rotatable bonds is 7. The van der Waals surface area contributed by atoms with Crippen molar-refractivity contribution in [2.75, 3.05) is 11.1 Å².